The number of hydrogen-bond acceptors (Lipinski definition) is 5. The number of esters is 1. The van der Waals surface area contributed by atoms with E-state index in [4.69, 9.17) is 20.9 Å². The Kier molecular flexibility index (Phi) is 5.88. The van der Waals surface area contributed by atoms with Gasteiger partial charge in [-0.3, -0.25) is 0 Å². The highest BCUT2D eigenvalue weighted by Crippen LogP contribution is 2.09. The van der Waals surface area contributed by atoms with E-state index in [0.717, 1.165) is 0 Å². The zero-order valence-corrected chi connectivity index (χ0v) is 10.4. The molecule has 0 radical (unpaired) electrons. The summed E-state index contributed by atoms with van der Waals surface area (Å²) in [6.07, 6.45) is 1.23. The van der Waals surface area contributed by atoms with Gasteiger partial charge in [-0.05, 0) is 27.7 Å². The molecule has 1 atom stereocenters. The van der Waals surface area contributed by atoms with Gasteiger partial charge in [0.1, 0.15) is 5.60 Å². The molecular formula is C11H22N2O3. The van der Waals surface area contributed by atoms with Crippen LogP contribution in [0.15, 0.2) is 11.9 Å². The normalized spacial score (nSPS) is 14.6. The van der Waals surface area contributed by atoms with Gasteiger partial charge in [0.25, 0.3) is 0 Å². The van der Waals surface area contributed by atoms with Gasteiger partial charge < -0.3 is 20.9 Å². The molecule has 94 valence electrons. The highest BCUT2D eigenvalue weighted by molar-refractivity contribution is 5.74. The van der Waals surface area contributed by atoms with Crippen molar-refractivity contribution in [1.29, 1.82) is 0 Å². The van der Waals surface area contributed by atoms with Gasteiger partial charge in [-0.25, -0.2) is 4.79 Å². The van der Waals surface area contributed by atoms with Crippen molar-refractivity contribution in [3.8, 4) is 0 Å². The van der Waals surface area contributed by atoms with E-state index in [1.165, 1.54) is 6.20 Å². The monoisotopic (exact) mass is 230 g/mol. The number of carbonyl (C=O) groups excluding carboxylic acids is 1. The number of ether oxygens (including phenoxy) is 2. The molecule has 0 saturated carbocycles. The smallest absolute Gasteiger partial charge is 0.335 e. The maximum absolute atomic E-state index is 11.5. The van der Waals surface area contributed by atoms with Crippen LogP contribution in [0.3, 0.4) is 0 Å². The van der Waals surface area contributed by atoms with Crippen molar-refractivity contribution in [2.24, 2.45) is 11.5 Å². The van der Waals surface area contributed by atoms with Crippen LogP contribution in [-0.4, -0.2) is 24.3 Å². The average molecular weight is 230 g/mol. The second kappa shape index (κ2) is 6.37. The molecule has 16 heavy (non-hydrogen) atoms. The van der Waals surface area contributed by atoms with E-state index in [9.17, 15) is 4.79 Å². The van der Waals surface area contributed by atoms with Crippen LogP contribution in [0, 0.1) is 0 Å². The predicted molar refractivity (Wildman–Crippen MR) is 62.3 cm³/mol. The van der Waals surface area contributed by atoms with Gasteiger partial charge in [0.15, 0.2) is 6.10 Å². The topological polar surface area (TPSA) is 87.6 Å². The highest BCUT2D eigenvalue weighted by atomic mass is 16.6. The van der Waals surface area contributed by atoms with Crippen molar-refractivity contribution in [1.82, 2.24) is 0 Å². The molecule has 0 amide bonds. The minimum Gasteiger partial charge on any atom is -0.458 e. The maximum atomic E-state index is 11.5. The SMILES string of the molecule is CC(OCC/C(N)=C/N)C(=O)OC(C)(C)C. The zero-order valence-electron chi connectivity index (χ0n) is 10.4. The lowest BCUT2D eigenvalue weighted by Crippen LogP contribution is -2.32. The Labute approximate surface area is 96.8 Å². The number of nitrogens with two attached hydrogens (primary N) is 2. The lowest BCUT2D eigenvalue weighted by Gasteiger charge is -2.22. The Morgan fingerprint density at radius 2 is 2.00 bits per heavy atom. The molecule has 0 aromatic rings. The molecule has 0 saturated heterocycles. The summed E-state index contributed by atoms with van der Waals surface area (Å²) in [6.45, 7) is 7.43. The van der Waals surface area contributed by atoms with Gasteiger partial charge in [-0.1, -0.05) is 0 Å². The van der Waals surface area contributed by atoms with Crippen molar-refractivity contribution in [2.75, 3.05) is 6.61 Å². The van der Waals surface area contributed by atoms with E-state index < -0.39 is 11.7 Å². The van der Waals surface area contributed by atoms with E-state index in [1.54, 1.807) is 6.92 Å². The summed E-state index contributed by atoms with van der Waals surface area (Å²) in [5.74, 6) is -0.372. The average Bonchev–Trinajstić information content (AvgIpc) is 2.14. The van der Waals surface area contributed by atoms with Crippen LogP contribution in [0.25, 0.3) is 0 Å². The third kappa shape index (κ3) is 7.11. The van der Waals surface area contributed by atoms with Crippen molar-refractivity contribution >= 4 is 5.97 Å². The largest absolute Gasteiger partial charge is 0.458 e. The summed E-state index contributed by atoms with van der Waals surface area (Å²) in [5, 5.41) is 0. The van der Waals surface area contributed by atoms with Crippen molar-refractivity contribution < 1.29 is 14.3 Å². The summed E-state index contributed by atoms with van der Waals surface area (Å²) >= 11 is 0. The van der Waals surface area contributed by atoms with E-state index in [-0.39, 0.29) is 5.97 Å². The molecule has 0 aromatic heterocycles. The third-order valence-electron chi connectivity index (χ3n) is 1.71. The molecule has 4 N–H and O–H groups in total. The molecule has 0 heterocycles. The molecule has 0 spiro atoms. The van der Waals surface area contributed by atoms with Gasteiger partial charge in [0.05, 0.1) is 6.61 Å². The van der Waals surface area contributed by atoms with E-state index in [0.29, 0.717) is 18.7 Å². The van der Waals surface area contributed by atoms with Crippen LogP contribution >= 0.6 is 0 Å². The van der Waals surface area contributed by atoms with E-state index in [1.807, 2.05) is 20.8 Å². The minimum atomic E-state index is -0.593. The summed E-state index contributed by atoms with van der Waals surface area (Å²) in [4.78, 5) is 11.5. The predicted octanol–water partition coefficient (Wildman–Crippen LogP) is 0.882. The van der Waals surface area contributed by atoms with Crippen LogP contribution in [0.2, 0.25) is 0 Å². The van der Waals surface area contributed by atoms with E-state index >= 15 is 0 Å². The Morgan fingerprint density at radius 1 is 1.44 bits per heavy atom. The lowest BCUT2D eigenvalue weighted by molar-refractivity contribution is -0.167. The Hall–Kier alpha value is -1.23. The summed E-state index contributed by atoms with van der Waals surface area (Å²) in [7, 11) is 0. The molecule has 0 aliphatic carbocycles. The van der Waals surface area contributed by atoms with Crippen LogP contribution < -0.4 is 11.5 Å². The molecule has 0 aromatic carbocycles. The third-order valence-corrected chi connectivity index (χ3v) is 1.71. The second-order valence-corrected chi connectivity index (χ2v) is 4.54. The molecule has 0 bridgehead atoms. The van der Waals surface area contributed by atoms with Gasteiger partial charge >= 0.3 is 5.97 Å². The Bertz CT molecular complexity index is 256. The molecule has 1 unspecified atom stereocenters. The summed E-state index contributed by atoms with van der Waals surface area (Å²) < 4.78 is 10.4. The summed E-state index contributed by atoms with van der Waals surface area (Å²) in [5.41, 5.74) is 10.7. The molecule has 0 rings (SSSR count). The quantitative estimate of drug-likeness (QED) is 0.685. The first-order valence-corrected chi connectivity index (χ1v) is 5.27. The van der Waals surface area contributed by atoms with Crippen molar-refractivity contribution in [3.63, 3.8) is 0 Å². The van der Waals surface area contributed by atoms with E-state index in [2.05, 4.69) is 0 Å². The van der Waals surface area contributed by atoms with Gasteiger partial charge in [0, 0.05) is 18.3 Å². The van der Waals surface area contributed by atoms with Crippen molar-refractivity contribution in [2.45, 2.75) is 45.8 Å². The van der Waals surface area contributed by atoms with Gasteiger partial charge in [-0.15, -0.1) is 0 Å². The number of carbonyl (C=O) groups is 1. The number of hydrogen-bond donors (Lipinski definition) is 2. The van der Waals surface area contributed by atoms with Crippen LogP contribution in [0.5, 0.6) is 0 Å². The molecule has 0 aliphatic heterocycles. The molecule has 5 nitrogen and oxygen atoms in total. The van der Waals surface area contributed by atoms with Crippen LogP contribution in [0.4, 0.5) is 0 Å². The molecular weight excluding hydrogens is 208 g/mol. The minimum absolute atomic E-state index is 0.347. The standard InChI is InChI=1S/C11H22N2O3/c1-8(10(14)16-11(2,3)4)15-6-5-9(13)7-12/h7-8H,5-6,12-13H2,1-4H3/b9-7-. The van der Waals surface area contributed by atoms with Gasteiger partial charge in [-0.2, -0.15) is 0 Å². The Morgan fingerprint density at radius 3 is 2.44 bits per heavy atom. The summed E-state index contributed by atoms with van der Waals surface area (Å²) in [6, 6.07) is 0. The zero-order chi connectivity index (χ0) is 12.8. The maximum Gasteiger partial charge on any atom is 0.335 e. The van der Waals surface area contributed by atoms with Gasteiger partial charge in [0.2, 0.25) is 0 Å². The highest BCUT2D eigenvalue weighted by Gasteiger charge is 2.21. The fraction of sp³-hybridized carbons (Fsp3) is 0.727. The first-order valence-electron chi connectivity index (χ1n) is 5.27. The molecule has 5 heteroatoms. The number of rotatable bonds is 5. The fourth-order valence-corrected chi connectivity index (χ4v) is 0.890. The first-order chi connectivity index (χ1) is 7.26. The molecule has 0 aliphatic rings. The second-order valence-electron chi connectivity index (χ2n) is 4.54. The van der Waals surface area contributed by atoms with Crippen LogP contribution in [-0.2, 0) is 14.3 Å². The fourth-order valence-electron chi connectivity index (χ4n) is 0.890. The van der Waals surface area contributed by atoms with Crippen LogP contribution in [0.1, 0.15) is 34.1 Å². The lowest BCUT2D eigenvalue weighted by atomic mass is 10.2. The first kappa shape index (κ1) is 14.8. The Balaban J connectivity index is 3.89. The van der Waals surface area contributed by atoms with Crippen molar-refractivity contribution in [3.05, 3.63) is 11.9 Å². The molecule has 0 fully saturated rings.